The van der Waals surface area contributed by atoms with Crippen LogP contribution < -0.4 is 0 Å². The second kappa shape index (κ2) is 6.61. The molecule has 3 saturated heterocycles. The number of fused-ring (bicyclic) bond motifs is 2. The lowest BCUT2D eigenvalue weighted by atomic mass is 9.77. The standard InChI is InChI=1S/C20H29F3N2O3/c1-19(2,18(27)28)7-13-14-5-12-6-15(24(14)9-11-3-4-11)17(13)25(10-12)16(26)8-20(21,22)23/h11-15,17H,3-10H2,1-2H3,(H,27,28). The molecule has 28 heavy (non-hydrogen) atoms. The second-order valence-electron chi connectivity index (χ2n) is 10.00. The lowest BCUT2D eigenvalue weighted by Crippen LogP contribution is -2.58. The highest BCUT2D eigenvalue weighted by atomic mass is 19.4. The van der Waals surface area contributed by atoms with Crippen LogP contribution in [0.5, 0.6) is 0 Å². The molecule has 158 valence electrons. The summed E-state index contributed by atoms with van der Waals surface area (Å²) >= 11 is 0. The summed E-state index contributed by atoms with van der Waals surface area (Å²) in [6, 6.07) is -0.0440. The monoisotopic (exact) mass is 402 g/mol. The molecule has 3 bridgehead atoms. The van der Waals surface area contributed by atoms with Crippen molar-refractivity contribution in [1.29, 1.82) is 0 Å². The lowest BCUT2D eigenvalue weighted by Gasteiger charge is -2.47. The predicted octanol–water partition coefficient (Wildman–Crippen LogP) is 3.14. The van der Waals surface area contributed by atoms with Crippen molar-refractivity contribution in [3.05, 3.63) is 0 Å². The molecule has 4 rings (SSSR count). The van der Waals surface area contributed by atoms with Gasteiger partial charge in [-0.05, 0) is 63.7 Å². The van der Waals surface area contributed by atoms with Crippen LogP contribution in [0.3, 0.4) is 0 Å². The van der Waals surface area contributed by atoms with Gasteiger partial charge in [-0.2, -0.15) is 13.2 Å². The molecule has 4 fully saturated rings. The molecule has 0 spiro atoms. The van der Waals surface area contributed by atoms with Crippen LogP contribution in [0.1, 0.15) is 52.4 Å². The topological polar surface area (TPSA) is 60.9 Å². The van der Waals surface area contributed by atoms with E-state index in [0.29, 0.717) is 18.9 Å². The van der Waals surface area contributed by atoms with Gasteiger partial charge < -0.3 is 10.0 Å². The van der Waals surface area contributed by atoms with Gasteiger partial charge in [0, 0.05) is 25.2 Å². The van der Waals surface area contributed by atoms with Gasteiger partial charge in [-0.25, -0.2) is 0 Å². The van der Waals surface area contributed by atoms with Crippen molar-refractivity contribution in [1.82, 2.24) is 9.80 Å². The van der Waals surface area contributed by atoms with E-state index in [2.05, 4.69) is 4.90 Å². The van der Waals surface area contributed by atoms with E-state index in [4.69, 9.17) is 0 Å². The van der Waals surface area contributed by atoms with Crippen LogP contribution in [-0.4, -0.2) is 64.2 Å². The van der Waals surface area contributed by atoms with E-state index >= 15 is 0 Å². The smallest absolute Gasteiger partial charge is 0.397 e. The molecule has 3 aliphatic heterocycles. The number of carboxylic acid groups (broad SMARTS) is 1. The molecule has 0 aromatic carbocycles. The van der Waals surface area contributed by atoms with Crippen molar-refractivity contribution in [2.24, 2.45) is 23.2 Å². The average Bonchev–Trinajstić information content (AvgIpc) is 3.35. The molecule has 1 aliphatic carbocycles. The number of aliphatic carboxylic acids is 1. The molecule has 0 aromatic heterocycles. The number of carboxylic acids is 1. The Hall–Kier alpha value is -1.31. The van der Waals surface area contributed by atoms with Crippen LogP contribution >= 0.6 is 0 Å². The van der Waals surface area contributed by atoms with Crippen molar-refractivity contribution >= 4 is 11.9 Å². The molecule has 1 N–H and O–H groups in total. The Morgan fingerprint density at radius 1 is 1.11 bits per heavy atom. The number of carbonyl (C=O) groups is 2. The fraction of sp³-hybridized carbons (Fsp3) is 0.900. The van der Waals surface area contributed by atoms with Crippen LogP contribution in [-0.2, 0) is 9.59 Å². The van der Waals surface area contributed by atoms with Crippen molar-refractivity contribution in [3.63, 3.8) is 0 Å². The molecule has 1 saturated carbocycles. The maximum atomic E-state index is 12.9. The quantitative estimate of drug-likeness (QED) is 0.742. The molecule has 0 radical (unpaired) electrons. The van der Waals surface area contributed by atoms with E-state index in [1.807, 2.05) is 0 Å². The number of piperidine rings is 2. The Morgan fingerprint density at radius 2 is 1.75 bits per heavy atom. The number of nitrogens with zero attached hydrogens (tertiary/aromatic N) is 2. The van der Waals surface area contributed by atoms with Crippen LogP contribution in [0.15, 0.2) is 0 Å². The summed E-state index contributed by atoms with van der Waals surface area (Å²) in [5.74, 6) is -0.965. The molecule has 0 aromatic rings. The summed E-state index contributed by atoms with van der Waals surface area (Å²) in [5.41, 5.74) is -0.968. The summed E-state index contributed by atoms with van der Waals surface area (Å²) in [6.07, 6.45) is -1.42. The van der Waals surface area contributed by atoms with Gasteiger partial charge in [0.15, 0.2) is 0 Å². The Labute approximate surface area is 163 Å². The summed E-state index contributed by atoms with van der Waals surface area (Å²) < 4.78 is 38.7. The summed E-state index contributed by atoms with van der Waals surface area (Å²) in [7, 11) is 0. The van der Waals surface area contributed by atoms with Gasteiger partial charge in [0.2, 0.25) is 5.91 Å². The van der Waals surface area contributed by atoms with Crippen molar-refractivity contribution in [2.75, 3.05) is 13.1 Å². The predicted molar refractivity (Wildman–Crippen MR) is 95.4 cm³/mol. The molecule has 4 aliphatic rings. The highest BCUT2D eigenvalue weighted by Gasteiger charge is 2.60. The zero-order chi connectivity index (χ0) is 20.4. The van der Waals surface area contributed by atoms with Crippen LogP contribution in [0.4, 0.5) is 13.2 Å². The fourth-order valence-corrected chi connectivity index (χ4v) is 5.90. The van der Waals surface area contributed by atoms with Crippen LogP contribution in [0, 0.1) is 23.2 Å². The molecule has 8 heteroatoms. The van der Waals surface area contributed by atoms with Gasteiger partial charge in [-0.3, -0.25) is 14.5 Å². The van der Waals surface area contributed by atoms with Crippen LogP contribution in [0.25, 0.3) is 0 Å². The maximum Gasteiger partial charge on any atom is 0.397 e. The highest BCUT2D eigenvalue weighted by Crippen LogP contribution is 2.53. The number of hydrogen-bond donors (Lipinski definition) is 1. The first-order chi connectivity index (χ1) is 13.0. The fourth-order valence-electron chi connectivity index (χ4n) is 5.90. The van der Waals surface area contributed by atoms with E-state index in [9.17, 15) is 27.9 Å². The Balaban J connectivity index is 1.63. The third kappa shape index (κ3) is 3.64. The van der Waals surface area contributed by atoms with Gasteiger partial charge in [0.25, 0.3) is 0 Å². The van der Waals surface area contributed by atoms with Gasteiger partial charge in [-0.15, -0.1) is 0 Å². The molecular formula is C20H29F3N2O3. The van der Waals surface area contributed by atoms with Crippen molar-refractivity contribution < 1.29 is 27.9 Å². The molecule has 5 atom stereocenters. The Bertz CT molecular complexity index is 662. The van der Waals surface area contributed by atoms with E-state index in [0.717, 1.165) is 19.4 Å². The Morgan fingerprint density at radius 3 is 2.32 bits per heavy atom. The number of halogens is 3. The first-order valence-electron chi connectivity index (χ1n) is 10.3. The molecule has 5 unspecified atom stereocenters. The number of alkyl halides is 3. The van der Waals surface area contributed by atoms with Crippen molar-refractivity contribution in [3.8, 4) is 0 Å². The Kier molecular flexibility index (Phi) is 4.71. The summed E-state index contributed by atoms with van der Waals surface area (Å²) in [5, 5.41) is 9.62. The lowest BCUT2D eigenvalue weighted by molar-refractivity contribution is -0.166. The van der Waals surface area contributed by atoms with Gasteiger partial charge in [-0.1, -0.05) is 0 Å². The average molecular weight is 402 g/mol. The minimum atomic E-state index is -4.52. The first kappa shape index (κ1) is 20.0. The molecule has 3 heterocycles. The second-order valence-corrected chi connectivity index (χ2v) is 10.00. The largest absolute Gasteiger partial charge is 0.481 e. The minimum Gasteiger partial charge on any atom is -0.481 e. The van der Waals surface area contributed by atoms with Gasteiger partial charge >= 0.3 is 12.1 Å². The minimum absolute atomic E-state index is 0.0740. The van der Waals surface area contributed by atoms with E-state index in [1.54, 1.807) is 13.8 Å². The van der Waals surface area contributed by atoms with Crippen molar-refractivity contribution in [2.45, 2.75) is 76.7 Å². The third-order valence-corrected chi connectivity index (χ3v) is 7.31. The van der Waals surface area contributed by atoms with E-state index < -0.39 is 29.9 Å². The van der Waals surface area contributed by atoms with E-state index in [-0.39, 0.29) is 30.0 Å². The normalized spacial score (nSPS) is 35.5. The zero-order valence-corrected chi connectivity index (χ0v) is 16.4. The molecule has 5 nitrogen and oxygen atoms in total. The molecule has 1 amide bonds. The number of hydrogen-bond acceptors (Lipinski definition) is 3. The first-order valence-corrected chi connectivity index (χ1v) is 10.3. The van der Waals surface area contributed by atoms with E-state index in [1.165, 1.54) is 17.7 Å². The van der Waals surface area contributed by atoms with Gasteiger partial charge in [0.1, 0.15) is 6.42 Å². The number of likely N-dealkylation sites (tertiary alicyclic amines) is 1. The SMILES string of the molecule is CC(C)(CC1C2C3CC(CC1N3CC1CC1)CN2C(=O)CC(F)(F)F)C(=O)O. The number of rotatable bonds is 6. The number of amides is 1. The number of carbonyl (C=O) groups excluding carboxylic acids is 1. The highest BCUT2D eigenvalue weighted by molar-refractivity contribution is 5.78. The summed E-state index contributed by atoms with van der Waals surface area (Å²) in [6.45, 7) is 4.67. The maximum absolute atomic E-state index is 12.9. The van der Waals surface area contributed by atoms with Crippen LogP contribution in [0.2, 0.25) is 0 Å². The summed E-state index contributed by atoms with van der Waals surface area (Å²) in [4.78, 5) is 28.2. The molecular weight excluding hydrogens is 373 g/mol. The third-order valence-electron chi connectivity index (χ3n) is 7.31. The van der Waals surface area contributed by atoms with Gasteiger partial charge in [0.05, 0.1) is 11.5 Å². The zero-order valence-electron chi connectivity index (χ0n) is 16.4.